The fraction of sp³-hybridized carbons (Fsp3) is 0.444. The standard InChI is InChI=1S/C18H24N4O4S/c1-3-21(4-2)27(24,25)22-9-10-26-17(12-22)16-11-14(18(19)23)13-7-5-6-8-15(13)20-16/h5-8,11,17H,3-4,9-10,12H2,1-2H3,(H2,19,23)/t17-/m1/s1. The van der Waals surface area contributed by atoms with Crippen LogP contribution in [0.1, 0.15) is 36.0 Å². The van der Waals surface area contributed by atoms with Crippen molar-refractivity contribution in [1.82, 2.24) is 13.6 Å². The molecule has 1 aromatic carbocycles. The van der Waals surface area contributed by atoms with E-state index in [2.05, 4.69) is 4.98 Å². The second-order valence-electron chi connectivity index (χ2n) is 6.29. The maximum atomic E-state index is 12.8. The molecule has 0 aliphatic carbocycles. The molecule has 3 rings (SSSR count). The van der Waals surface area contributed by atoms with Crippen molar-refractivity contribution in [2.45, 2.75) is 20.0 Å². The fourth-order valence-corrected chi connectivity index (χ4v) is 4.90. The van der Waals surface area contributed by atoms with Crippen LogP contribution in [0.3, 0.4) is 0 Å². The number of para-hydroxylation sites is 1. The minimum Gasteiger partial charge on any atom is -0.369 e. The van der Waals surface area contributed by atoms with E-state index in [0.29, 0.717) is 35.2 Å². The Morgan fingerprint density at radius 1 is 1.33 bits per heavy atom. The van der Waals surface area contributed by atoms with Gasteiger partial charge in [-0.15, -0.1) is 0 Å². The van der Waals surface area contributed by atoms with Crippen molar-refractivity contribution in [1.29, 1.82) is 0 Å². The lowest BCUT2D eigenvalue weighted by Gasteiger charge is -2.35. The van der Waals surface area contributed by atoms with Crippen LogP contribution in [-0.2, 0) is 14.9 Å². The average molecular weight is 392 g/mol. The normalized spacial score (nSPS) is 18.9. The van der Waals surface area contributed by atoms with Crippen molar-refractivity contribution in [2.24, 2.45) is 5.73 Å². The third-order valence-corrected chi connectivity index (χ3v) is 6.87. The Labute approximate surface area is 159 Å². The molecule has 1 atom stereocenters. The number of rotatable bonds is 6. The first-order valence-electron chi connectivity index (χ1n) is 8.94. The van der Waals surface area contributed by atoms with Crippen LogP contribution in [0, 0.1) is 0 Å². The van der Waals surface area contributed by atoms with Crippen LogP contribution in [0.5, 0.6) is 0 Å². The summed E-state index contributed by atoms with van der Waals surface area (Å²) >= 11 is 0. The number of hydrogen-bond acceptors (Lipinski definition) is 5. The molecular weight excluding hydrogens is 368 g/mol. The Bertz CT molecular complexity index is 944. The number of benzene rings is 1. The lowest BCUT2D eigenvalue weighted by Crippen LogP contribution is -2.49. The van der Waals surface area contributed by atoms with Gasteiger partial charge in [-0.05, 0) is 12.1 Å². The molecule has 0 bridgehead atoms. The first-order chi connectivity index (χ1) is 12.9. The van der Waals surface area contributed by atoms with Gasteiger partial charge in [0, 0.05) is 31.6 Å². The van der Waals surface area contributed by atoms with Crippen molar-refractivity contribution in [3.8, 4) is 0 Å². The van der Waals surface area contributed by atoms with Crippen LogP contribution < -0.4 is 5.73 Å². The van der Waals surface area contributed by atoms with Crippen molar-refractivity contribution in [2.75, 3.05) is 32.8 Å². The van der Waals surface area contributed by atoms with E-state index in [1.807, 2.05) is 26.0 Å². The number of primary amides is 1. The van der Waals surface area contributed by atoms with E-state index >= 15 is 0 Å². The quantitative estimate of drug-likeness (QED) is 0.797. The molecule has 0 saturated carbocycles. The molecule has 1 fully saturated rings. The Balaban J connectivity index is 1.96. The van der Waals surface area contributed by atoms with Gasteiger partial charge >= 0.3 is 0 Å². The summed E-state index contributed by atoms with van der Waals surface area (Å²) in [4.78, 5) is 16.5. The predicted octanol–water partition coefficient (Wildman–Crippen LogP) is 1.29. The van der Waals surface area contributed by atoms with Gasteiger partial charge in [0.05, 0.1) is 23.4 Å². The fourth-order valence-electron chi connectivity index (χ4n) is 3.29. The molecule has 0 radical (unpaired) electrons. The number of ether oxygens (including phenoxy) is 1. The highest BCUT2D eigenvalue weighted by atomic mass is 32.2. The first kappa shape index (κ1) is 19.7. The van der Waals surface area contributed by atoms with Gasteiger partial charge in [-0.25, -0.2) is 4.98 Å². The molecule has 1 aromatic heterocycles. The van der Waals surface area contributed by atoms with Crippen molar-refractivity contribution < 1.29 is 17.9 Å². The largest absolute Gasteiger partial charge is 0.369 e. The molecule has 1 amide bonds. The van der Waals surface area contributed by atoms with E-state index in [0.717, 1.165) is 0 Å². The Kier molecular flexibility index (Phi) is 5.75. The van der Waals surface area contributed by atoms with Gasteiger partial charge in [-0.1, -0.05) is 32.0 Å². The summed E-state index contributed by atoms with van der Waals surface area (Å²) in [7, 11) is -3.57. The van der Waals surface area contributed by atoms with Gasteiger partial charge in [0.1, 0.15) is 6.10 Å². The molecule has 9 heteroatoms. The minimum absolute atomic E-state index is 0.141. The van der Waals surface area contributed by atoms with E-state index in [1.165, 1.54) is 8.61 Å². The smallest absolute Gasteiger partial charge is 0.282 e. The Morgan fingerprint density at radius 3 is 2.70 bits per heavy atom. The van der Waals surface area contributed by atoms with E-state index in [1.54, 1.807) is 18.2 Å². The minimum atomic E-state index is -3.57. The van der Waals surface area contributed by atoms with Crippen LogP contribution in [-0.4, -0.2) is 60.7 Å². The van der Waals surface area contributed by atoms with E-state index < -0.39 is 22.2 Å². The summed E-state index contributed by atoms with van der Waals surface area (Å²) < 4.78 is 34.2. The maximum absolute atomic E-state index is 12.8. The van der Waals surface area contributed by atoms with Gasteiger partial charge in [-0.2, -0.15) is 17.0 Å². The van der Waals surface area contributed by atoms with Gasteiger partial charge in [0.2, 0.25) is 5.91 Å². The summed E-state index contributed by atoms with van der Waals surface area (Å²) in [5.74, 6) is -0.557. The third-order valence-electron chi connectivity index (χ3n) is 4.72. The second-order valence-corrected chi connectivity index (χ2v) is 8.21. The van der Waals surface area contributed by atoms with Crippen LogP contribution in [0.25, 0.3) is 10.9 Å². The number of carbonyl (C=O) groups excluding carboxylic acids is 1. The molecule has 2 N–H and O–H groups in total. The maximum Gasteiger partial charge on any atom is 0.282 e. The van der Waals surface area contributed by atoms with Gasteiger partial charge in [-0.3, -0.25) is 4.79 Å². The molecular formula is C18H24N4O4S. The number of hydrogen-bond donors (Lipinski definition) is 1. The van der Waals surface area contributed by atoms with E-state index in [-0.39, 0.29) is 19.7 Å². The number of fused-ring (bicyclic) bond motifs is 1. The summed E-state index contributed by atoms with van der Waals surface area (Å²) in [6.45, 7) is 5.10. The number of morpholine rings is 1. The number of nitrogens with zero attached hydrogens (tertiary/aromatic N) is 3. The average Bonchev–Trinajstić information content (AvgIpc) is 2.67. The van der Waals surface area contributed by atoms with Crippen molar-refractivity contribution in [3.63, 3.8) is 0 Å². The molecule has 1 saturated heterocycles. The van der Waals surface area contributed by atoms with Crippen LogP contribution >= 0.6 is 0 Å². The van der Waals surface area contributed by atoms with Gasteiger partial charge in [0.25, 0.3) is 10.2 Å². The zero-order valence-electron chi connectivity index (χ0n) is 15.5. The summed E-state index contributed by atoms with van der Waals surface area (Å²) in [5, 5.41) is 0.664. The van der Waals surface area contributed by atoms with Crippen LogP contribution in [0.4, 0.5) is 0 Å². The SMILES string of the molecule is CCN(CC)S(=O)(=O)N1CCO[C@@H](c2cc(C(N)=O)c3ccccc3n2)C1. The highest BCUT2D eigenvalue weighted by Gasteiger charge is 2.34. The van der Waals surface area contributed by atoms with Gasteiger partial charge in [0.15, 0.2) is 0 Å². The molecule has 1 aliphatic rings. The van der Waals surface area contributed by atoms with Crippen molar-refractivity contribution >= 4 is 27.0 Å². The van der Waals surface area contributed by atoms with Gasteiger partial charge < -0.3 is 10.5 Å². The lowest BCUT2D eigenvalue weighted by molar-refractivity contribution is -0.00644. The summed E-state index contributed by atoms with van der Waals surface area (Å²) in [6, 6.07) is 8.81. The molecule has 146 valence electrons. The molecule has 0 spiro atoms. The summed E-state index contributed by atoms with van der Waals surface area (Å²) in [5.41, 5.74) is 7.00. The Hall–Kier alpha value is -2.07. The highest BCUT2D eigenvalue weighted by molar-refractivity contribution is 7.86. The Morgan fingerprint density at radius 2 is 2.04 bits per heavy atom. The van der Waals surface area contributed by atoms with Crippen molar-refractivity contribution in [3.05, 3.63) is 41.6 Å². The molecule has 1 aliphatic heterocycles. The molecule has 0 unspecified atom stereocenters. The molecule has 8 nitrogen and oxygen atoms in total. The second kappa shape index (κ2) is 7.89. The number of pyridine rings is 1. The molecule has 2 aromatic rings. The lowest BCUT2D eigenvalue weighted by atomic mass is 10.0. The number of amides is 1. The zero-order valence-corrected chi connectivity index (χ0v) is 16.3. The predicted molar refractivity (Wildman–Crippen MR) is 102 cm³/mol. The third kappa shape index (κ3) is 3.81. The van der Waals surface area contributed by atoms with Crippen LogP contribution in [0.15, 0.2) is 30.3 Å². The zero-order chi connectivity index (χ0) is 19.6. The number of aromatic nitrogens is 1. The van der Waals surface area contributed by atoms with E-state index in [4.69, 9.17) is 10.5 Å². The monoisotopic (exact) mass is 392 g/mol. The summed E-state index contributed by atoms with van der Waals surface area (Å²) in [6.07, 6.45) is -0.563. The number of carbonyl (C=O) groups is 1. The first-order valence-corrected chi connectivity index (χ1v) is 10.3. The van der Waals surface area contributed by atoms with E-state index in [9.17, 15) is 13.2 Å². The number of nitrogens with two attached hydrogens (primary N) is 1. The molecule has 27 heavy (non-hydrogen) atoms. The topological polar surface area (TPSA) is 106 Å². The molecule has 2 heterocycles. The van der Waals surface area contributed by atoms with Crippen LogP contribution in [0.2, 0.25) is 0 Å². The highest BCUT2D eigenvalue weighted by Crippen LogP contribution is 2.27.